The molecule has 4 aromatic carbocycles. The molecule has 8 rings (SSSR count). The first kappa shape index (κ1) is 31.1. The molecule has 0 radical (unpaired) electrons. The maximum atomic E-state index is 15.3. The molecule has 2 heterocycles. The van der Waals surface area contributed by atoms with Gasteiger partial charge in [0.1, 0.15) is 5.75 Å². The van der Waals surface area contributed by atoms with E-state index in [-0.39, 0.29) is 24.0 Å². The van der Waals surface area contributed by atoms with Crippen LogP contribution in [0.2, 0.25) is 0 Å². The van der Waals surface area contributed by atoms with Crippen molar-refractivity contribution in [3.05, 3.63) is 119 Å². The van der Waals surface area contributed by atoms with Gasteiger partial charge in [-0.25, -0.2) is 0 Å². The van der Waals surface area contributed by atoms with Gasteiger partial charge in [-0.3, -0.25) is 29.5 Å². The molecule has 0 unspecified atom stereocenters. The number of phenolic OH excluding ortho intramolecular Hbond substituents is 1. The zero-order chi connectivity index (χ0) is 34.4. The lowest BCUT2D eigenvalue weighted by atomic mass is 9.49. The summed E-state index contributed by atoms with van der Waals surface area (Å²) in [6.45, 7) is 7.55. The zero-order valence-corrected chi connectivity index (χ0v) is 28.0. The quantitative estimate of drug-likeness (QED) is 0.189. The van der Waals surface area contributed by atoms with E-state index in [1.54, 1.807) is 0 Å². The monoisotopic (exact) mass is 653 g/mol. The SMILES string of the molecule is Cc1ccc(NN2C(=O)[C@@H]3C[C@@H]4C(=CC[C@@H]5C(=O)N(C(C)(C)C)C(=O)[C@@H]54)[C@H](c4ccc5ccccc5c4O)[C@]3(c3ccccc3)C2=O)cc1. The van der Waals surface area contributed by atoms with Gasteiger partial charge in [0.05, 0.1) is 28.9 Å². The summed E-state index contributed by atoms with van der Waals surface area (Å²) in [6.07, 6.45) is 2.57. The number of fused-ring (bicyclic) bond motifs is 5. The average Bonchev–Trinajstić information content (AvgIpc) is 3.48. The second kappa shape index (κ2) is 10.9. The molecule has 2 aliphatic heterocycles. The largest absolute Gasteiger partial charge is 0.507 e. The molecule has 0 bridgehead atoms. The number of aryl methyl sites for hydroxylation is 1. The summed E-state index contributed by atoms with van der Waals surface area (Å²) in [6, 6.07) is 28.2. The lowest BCUT2D eigenvalue weighted by Gasteiger charge is -2.50. The minimum absolute atomic E-state index is 0.0381. The Morgan fingerprint density at radius 2 is 1.49 bits per heavy atom. The van der Waals surface area contributed by atoms with Gasteiger partial charge in [-0.1, -0.05) is 96.1 Å². The molecule has 4 aromatic rings. The fraction of sp³-hybridized carbons (Fsp3) is 0.317. The Labute approximate surface area is 285 Å². The summed E-state index contributed by atoms with van der Waals surface area (Å²) in [4.78, 5) is 59.7. The van der Waals surface area contributed by atoms with Crippen molar-refractivity contribution in [1.82, 2.24) is 9.91 Å². The van der Waals surface area contributed by atoms with E-state index in [2.05, 4.69) is 5.43 Å². The van der Waals surface area contributed by atoms with Crippen LogP contribution in [-0.4, -0.2) is 44.2 Å². The molecule has 1 saturated carbocycles. The standard InChI is InChI=1S/C41H39N3O5/c1-23-14-17-26(18-15-23)42-44-37(47)32-22-31-28(20-21-29-33(31)38(48)43(36(29)46)40(2,3)4)34(41(32,39(44)49)25-11-6-5-7-12-25)30-19-16-24-10-8-9-13-27(24)35(30)45/h5-20,29,31-34,42,45H,21-22H2,1-4H3/t29-,31+,32-,33-,34+,41+/m0/s1. The van der Waals surface area contributed by atoms with Crippen LogP contribution in [0, 0.1) is 30.6 Å². The van der Waals surface area contributed by atoms with Crippen LogP contribution >= 0.6 is 0 Å². The van der Waals surface area contributed by atoms with Gasteiger partial charge < -0.3 is 5.11 Å². The van der Waals surface area contributed by atoms with Crippen LogP contribution < -0.4 is 5.43 Å². The maximum absolute atomic E-state index is 15.3. The number of benzene rings is 4. The molecule has 2 aliphatic carbocycles. The molecule has 4 amide bonds. The van der Waals surface area contributed by atoms with Gasteiger partial charge in [0.25, 0.3) is 11.8 Å². The summed E-state index contributed by atoms with van der Waals surface area (Å²) < 4.78 is 0. The van der Waals surface area contributed by atoms with Gasteiger partial charge in [-0.15, -0.1) is 0 Å². The number of likely N-dealkylation sites (tertiary alicyclic amines) is 1. The number of allylic oxidation sites excluding steroid dienone is 2. The second-order valence-electron chi connectivity index (χ2n) is 15.0. The van der Waals surface area contributed by atoms with Gasteiger partial charge in [0.2, 0.25) is 11.8 Å². The number of hydrogen-bond donors (Lipinski definition) is 2. The van der Waals surface area contributed by atoms with E-state index in [0.717, 1.165) is 21.5 Å². The van der Waals surface area contributed by atoms with Gasteiger partial charge in [-0.05, 0) is 69.5 Å². The van der Waals surface area contributed by atoms with Gasteiger partial charge >= 0.3 is 0 Å². The van der Waals surface area contributed by atoms with Crippen LogP contribution in [0.25, 0.3) is 10.8 Å². The van der Waals surface area contributed by atoms with E-state index >= 15 is 4.79 Å². The zero-order valence-electron chi connectivity index (χ0n) is 28.0. The molecule has 248 valence electrons. The van der Waals surface area contributed by atoms with Gasteiger partial charge in [-0.2, -0.15) is 5.01 Å². The first-order valence-electron chi connectivity index (χ1n) is 17.0. The molecular formula is C41H39N3O5. The van der Waals surface area contributed by atoms with Crippen LogP contribution in [0.4, 0.5) is 5.69 Å². The number of aromatic hydroxyl groups is 1. The number of nitrogens with zero attached hydrogens (tertiary/aromatic N) is 2. The second-order valence-corrected chi connectivity index (χ2v) is 15.0. The Morgan fingerprint density at radius 1 is 0.796 bits per heavy atom. The Kier molecular flexibility index (Phi) is 6.90. The predicted octanol–water partition coefficient (Wildman–Crippen LogP) is 6.64. The van der Waals surface area contributed by atoms with E-state index in [4.69, 9.17) is 0 Å². The summed E-state index contributed by atoms with van der Waals surface area (Å²) in [5, 5.41) is 14.7. The average molecular weight is 654 g/mol. The third kappa shape index (κ3) is 4.35. The third-order valence-electron chi connectivity index (χ3n) is 11.3. The molecular weight excluding hydrogens is 614 g/mol. The van der Waals surface area contributed by atoms with Crippen molar-refractivity contribution in [1.29, 1.82) is 0 Å². The van der Waals surface area contributed by atoms with Crippen LogP contribution in [0.5, 0.6) is 5.75 Å². The number of carbonyl (C=O) groups excluding carboxylic acids is 4. The molecule has 8 nitrogen and oxygen atoms in total. The molecule has 2 N–H and O–H groups in total. The van der Waals surface area contributed by atoms with E-state index < -0.39 is 52.4 Å². The van der Waals surface area contributed by atoms with E-state index in [1.165, 1.54) is 4.90 Å². The number of hydrazine groups is 1. The molecule has 6 atom stereocenters. The van der Waals surface area contributed by atoms with Crippen molar-refractivity contribution >= 4 is 40.1 Å². The predicted molar refractivity (Wildman–Crippen MR) is 186 cm³/mol. The molecule has 3 fully saturated rings. The Bertz CT molecular complexity index is 2080. The summed E-state index contributed by atoms with van der Waals surface area (Å²) in [5.74, 6) is -4.60. The summed E-state index contributed by atoms with van der Waals surface area (Å²) in [5.41, 5.74) is 4.61. The van der Waals surface area contributed by atoms with Crippen molar-refractivity contribution < 1.29 is 24.3 Å². The number of carbonyl (C=O) groups is 4. The van der Waals surface area contributed by atoms with Gasteiger partial charge in [0, 0.05) is 22.4 Å². The highest BCUT2D eigenvalue weighted by atomic mass is 16.3. The Morgan fingerprint density at radius 3 is 2.20 bits per heavy atom. The fourth-order valence-corrected chi connectivity index (χ4v) is 9.26. The molecule has 8 heteroatoms. The molecule has 0 aromatic heterocycles. The van der Waals surface area contributed by atoms with E-state index in [9.17, 15) is 19.5 Å². The first-order valence-corrected chi connectivity index (χ1v) is 17.0. The van der Waals surface area contributed by atoms with Crippen molar-refractivity contribution in [3.8, 4) is 5.75 Å². The summed E-state index contributed by atoms with van der Waals surface area (Å²) in [7, 11) is 0. The van der Waals surface area contributed by atoms with E-state index in [0.29, 0.717) is 28.6 Å². The van der Waals surface area contributed by atoms with Crippen molar-refractivity contribution in [2.24, 2.45) is 23.7 Å². The van der Waals surface area contributed by atoms with Gasteiger partial charge in [0.15, 0.2) is 0 Å². The Hall–Kier alpha value is -5.24. The van der Waals surface area contributed by atoms with Crippen LogP contribution in [-0.2, 0) is 24.6 Å². The number of nitrogens with one attached hydrogen (secondary N) is 1. The first-order chi connectivity index (χ1) is 23.4. The topological polar surface area (TPSA) is 107 Å². The highest BCUT2D eigenvalue weighted by Gasteiger charge is 2.71. The number of rotatable bonds is 4. The fourth-order valence-electron chi connectivity index (χ4n) is 9.26. The molecule has 0 spiro atoms. The van der Waals surface area contributed by atoms with Crippen LogP contribution in [0.15, 0.2) is 103 Å². The number of amides is 4. The minimum Gasteiger partial charge on any atom is -0.507 e. The molecule has 49 heavy (non-hydrogen) atoms. The molecule has 2 saturated heterocycles. The lowest BCUT2D eigenvalue weighted by Crippen LogP contribution is -2.53. The van der Waals surface area contributed by atoms with E-state index in [1.807, 2.05) is 125 Å². The molecule has 4 aliphatic rings. The lowest BCUT2D eigenvalue weighted by molar-refractivity contribution is -0.146. The van der Waals surface area contributed by atoms with Crippen molar-refractivity contribution in [3.63, 3.8) is 0 Å². The van der Waals surface area contributed by atoms with Crippen molar-refractivity contribution in [2.45, 2.75) is 57.4 Å². The van der Waals surface area contributed by atoms with Crippen molar-refractivity contribution in [2.75, 3.05) is 5.43 Å². The van der Waals surface area contributed by atoms with Crippen LogP contribution in [0.1, 0.15) is 56.2 Å². The highest BCUT2D eigenvalue weighted by molar-refractivity contribution is 6.13. The number of anilines is 1. The normalized spacial score (nSPS) is 28.0. The minimum atomic E-state index is -1.44. The number of phenols is 1. The van der Waals surface area contributed by atoms with Crippen LogP contribution in [0.3, 0.4) is 0 Å². The number of hydrogen-bond acceptors (Lipinski definition) is 6. The smallest absolute Gasteiger partial charge is 0.260 e. The highest BCUT2D eigenvalue weighted by Crippen LogP contribution is 2.65. The maximum Gasteiger partial charge on any atom is 0.260 e. The Balaban J connectivity index is 1.38. The summed E-state index contributed by atoms with van der Waals surface area (Å²) >= 11 is 0. The number of imide groups is 2. The third-order valence-corrected chi connectivity index (χ3v) is 11.3.